The van der Waals surface area contributed by atoms with E-state index in [4.69, 9.17) is 5.73 Å². The summed E-state index contributed by atoms with van der Waals surface area (Å²) in [7, 11) is 0. The Labute approximate surface area is 128 Å². The molecule has 0 radical (unpaired) electrons. The van der Waals surface area contributed by atoms with Crippen LogP contribution in [0.5, 0.6) is 0 Å². The second kappa shape index (κ2) is 6.97. The summed E-state index contributed by atoms with van der Waals surface area (Å²) in [5, 5.41) is 0.701. The third-order valence-corrected chi connectivity index (χ3v) is 5.22. The first-order chi connectivity index (χ1) is 9.54. The molecule has 20 heavy (non-hydrogen) atoms. The van der Waals surface area contributed by atoms with E-state index in [2.05, 4.69) is 61.7 Å². The minimum absolute atomic E-state index is 0.214. The largest absolute Gasteiger partial charge is 0.330 e. The first-order valence-corrected chi connectivity index (χ1v) is 8.59. The van der Waals surface area contributed by atoms with Gasteiger partial charge in [0.2, 0.25) is 0 Å². The fourth-order valence-corrected chi connectivity index (χ4v) is 4.23. The average molecular weight is 292 g/mol. The molecule has 0 aliphatic carbocycles. The van der Waals surface area contributed by atoms with Gasteiger partial charge in [-0.25, -0.2) is 0 Å². The van der Waals surface area contributed by atoms with Crippen molar-refractivity contribution in [3.05, 3.63) is 29.8 Å². The van der Waals surface area contributed by atoms with Crippen molar-refractivity contribution in [1.82, 2.24) is 4.90 Å². The third kappa shape index (κ3) is 4.24. The molecule has 2 N–H and O–H groups in total. The predicted molar refractivity (Wildman–Crippen MR) is 89.4 cm³/mol. The molecule has 1 aromatic rings. The van der Waals surface area contributed by atoms with Gasteiger partial charge in [0.1, 0.15) is 0 Å². The van der Waals surface area contributed by atoms with Gasteiger partial charge in [0.15, 0.2) is 0 Å². The highest BCUT2D eigenvalue weighted by Gasteiger charge is 2.26. The zero-order chi connectivity index (χ0) is 14.6. The van der Waals surface area contributed by atoms with Crippen molar-refractivity contribution < 1.29 is 0 Å². The van der Waals surface area contributed by atoms with Crippen LogP contribution in [0.15, 0.2) is 29.2 Å². The molecule has 1 atom stereocenters. The lowest BCUT2D eigenvalue weighted by Crippen LogP contribution is -2.41. The Morgan fingerprint density at radius 3 is 2.75 bits per heavy atom. The van der Waals surface area contributed by atoms with Gasteiger partial charge in [0.05, 0.1) is 0 Å². The van der Waals surface area contributed by atoms with Crippen molar-refractivity contribution in [1.29, 1.82) is 0 Å². The van der Waals surface area contributed by atoms with Crippen LogP contribution in [0, 0.1) is 5.41 Å². The monoisotopic (exact) mass is 292 g/mol. The van der Waals surface area contributed by atoms with Crippen LogP contribution in [0.2, 0.25) is 0 Å². The van der Waals surface area contributed by atoms with E-state index in [9.17, 15) is 0 Å². The molecule has 0 spiro atoms. The third-order valence-electron chi connectivity index (χ3n) is 3.92. The molecule has 1 aliphatic rings. The maximum absolute atomic E-state index is 5.90. The normalized spacial score (nSPS) is 18.6. The van der Waals surface area contributed by atoms with Gasteiger partial charge >= 0.3 is 0 Å². The highest BCUT2D eigenvalue weighted by atomic mass is 32.2. The summed E-state index contributed by atoms with van der Waals surface area (Å²) in [6, 6.07) is 8.84. The molecule has 1 unspecified atom stereocenters. The molecule has 1 aliphatic heterocycles. The van der Waals surface area contributed by atoms with Crippen molar-refractivity contribution in [3.63, 3.8) is 0 Å². The predicted octanol–water partition coefficient (Wildman–Crippen LogP) is 3.40. The van der Waals surface area contributed by atoms with Crippen molar-refractivity contribution in [2.24, 2.45) is 11.1 Å². The van der Waals surface area contributed by atoms with Crippen molar-refractivity contribution >= 4 is 11.8 Å². The molecule has 3 heteroatoms. The molecule has 0 saturated carbocycles. The van der Waals surface area contributed by atoms with Crippen LogP contribution in [0.3, 0.4) is 0 Å². The van der Waals surface area contributed by atoms with E-state index in [-0.39, 0.29) is 5.41 Å². The first-order valence-electron chi connectivity index (χ1n) is 7.71. The fraction of sp³-hybridized carbons (Fsp3) is 0.647. The summed E-state index contributed by atoms with van der Waals surface area (Å²) >= 11 is 2.05. The van der Waals surface area contributed by atoms with E-state index >= 15 is 0 Å². The average Bonchev–Trinajstić information content (AvgIpc) is 2.80. The van der Waals surface area contributed by atoms with E-state index in [0.717, 1.165) is 13.1 Å². The minimum atomic E-state index is 0.214. The molecular weight excluding hydrogens is 264 g/mol. The number of benzene rings is 1. The number of hydrogen-bond donors (Lipinski definition) is 1. The SMILES string of the molecule is CCCN(CC1Cc2ccccc2S1)CC(C)(C)CN. The Kier molecular flexibility index (Phi) is 5.53. The number of hydrogen-bond acceptors (Lipinski definition) is 3. The molecule has 0 bridgehead atoms. The molecule has 0 amide bonds. The second-order valence-electron chi connectivity index (χ2n) is 6.66. The van der Waals surface area contributed by atoms with Crippen LogP contribution >= 0.6 is 11.8 Å². The summed E-state index contributed by atoms with van der Waals surface area (Å²) < 4.78 is 0. The highest BCUT2D eigenvalue weighted by Crippen LogP contribution is 2.37. The van der Waals surface area contributed by atoms with Crippen LogP contribution in [-0.2, 0) is 6.42 Å². The summed E-state index contributed by atoms with van der Waals surface area (Å²) in [6.07, 6.45) is 2.43. The van der Waals surface area contributed by atoms with E-state index in [1.54, 1.807) is 0 Å². The molecule has 0 aromatic heterocycles. The van der Waals surface area contributed by atoms with Gasteiger partial charge in [-0.15, -0.1) is 11.8 Å². The molecule has 0 fully saturated rings. The van der Waals surface area contributed by atoms with Gasteiger partial charge < -0.3 is 10.6 Å². The number of nitrogens with zero attached hydrogens (tertiary/aromatic N) is 1. The van der Waals surface area contributed by atoms with Crippen molar-refractivity contribution in [2.45, 2.75) is 43.8 Å². The Morgan fingerprint density at radius 2 is 2.10 bits per heavy atom. The van der Waals surface area contributed by atoms with E-state index < -0.39 is 0 Å². The van der Waals surface area contributed by atoms with Crippen LogP contribution in [0.4, 0.5) is 0 Å². The lowest BCUT2D eigenvalue weighted by molar-refractivity contribution is 0.183. The second-order valence-corrected chi connectivity index (χ2v) is 8.00. The smallest absolute Gasteiger partial charge is 0.0263 e. The highest BCUT2D eigenvalue weighted by molar-refractivity contribution is 8.00. The number of thioether (sulfide) groups is 1. The number of fused-ring (bicyclic) bond motifs is 1. The molecule has 1 heterocycles. The molecule has 1 aromatic carbocycles. The summed E-state index contributed by atoms with van der Waals surface area (Å²) in [5.74, 6) is 0. The summed E-state index contributed by atoms with van der Waals surface area (Å²) in [5.41, 5.74) is 7.63. The van der Waals surface area contributed by atoms with Crippen LogP contribution in [0.1, 0.15) is 32.8 Å². The lowest BCUT2D eigenvalue weighted by Gasteiger charge is -2.33. The first kappa shape index (κ1) is 15.9. The van der Waals surface area contributed by atoms with Gasteiger partial charge in [-0.1, -0.05) is 39.0 Å². The van der Waals surface area contributed by atoms with E-state index in [1.807, 2.05) is 0 Å². The van der Waals surface area contributed by atoms with Gasteiger partial charge in [0, 0.05) is 23.2 Å². The minimum Gasteiger partial charge on any atom is -0.330 e. The van der Waals surface area contributed by atoms with Gasteiger partial charge in [-0.2, -0.15) is 0 Å². The Balaban J connectivity index is 1.93. The molecule has 2 rings (SSSR count). The van der Waals surface area contributed by atoms with E-state index in [0.29, 0.717) is 5.25 Å². The zero-order valence-electron chi connectivity index (χ0n) is 13.1. The topological polar surface area (TPSA) is 29.3 Å². The van der Waals surface area contributed by atoms with Crippen LogP contribution in [0.25, 0.3) is 0 Å². The van der Waals surface area contributed by atoms with Crippen molar-refractivity contribution in [3.8, 4) is 0 Å². The standard InChI is InChI=1S/C17H28N2S/c1-4-9-19(13-17(2,3)12-18)11-15-10-14-7-5-6-8-16(14)20-15/h5-8,15H,4,9-13,18H2,1-3H3. The zero-order valence-corrected chi connectivity index (χ0v) is 13.9. The summed E-state index contributed by atoms with van der Waals surface area (Å²) in [4.78, 5) is 4.09. The molecule has 112 valence electrons. The Morgan fingerprint density at radius 1 is 1.35 bits per heavy atom. The van der Waals surface area contributed by atoms with Gasteiger partial charge in [0.25, 0.3) is 0 Å². The molecular formula is C17H28N2S. The fourth-order valence-electron chi connectivity index (χ4n) is 2.86. The molecule has 0 saturated heterocycles. The van der Waals surface area contributed by atoms with Gasteiger partial charge in [-0.05, 0) is 43.0 Å². The lowest BCUT2D eigenvalue weighted by atomic mass is 9.93. The van der Waals surface area contributed by atoms with Crippen LogP contribution in [-0.4, -0.2) is 36.3 Å². The van der Waals surface area contributed by atoms with E-state index in [1.165, 1.54) is 36.4 Å². The maximum atomic E-state index is 5.90. The number of nitrogens with two attached hydrogens (primary N) is 1. The van der Waals surface area contributed by atoms with Gasteiger partial charge in [-0.3, -0.25) is 0 Å². The Hall–Kier alpha value is -0.510. The quantitative estimate of drug-likeness (QED) is 0.835. The number of rotatable bonds is 7. The molecule has 2 nitrogen and oxygen atoms in total. The Bertz CT molecular complexity index is 406. The maximum Gasteiger partial charge on any atom is 0.0263 e. The van der Waals surface area contributed by atoms with Crippen molar-refractivity contribution in [2.75, 3.05) is 26.2 Å². The summed E-state index contributed by atoms with van der Waals surface area (Å²) in [6.45, 7) is 11.0. The van der Waals surface area contributed by atoms with Crippen LogP contribution < -0.4 is 5.73 Å².